The van der Waals surface area contributed by atoms with Crippen LogP contribution in [0.4, 0.5) is 0 Å². The first kappa shape index (κ1) is 48.4. The minimum Gasteiger partial charge on any atom is -0.508 e. The molecule has 7 aliphatic heterocycles. The lowest BCUT2D eigenvalue weighted by Crippen LogP contribution is -2.78. The number of carbonyl (C=O) groups is 2. The van der Waals surface area contributed by atoms with Gasteiger partial charge in [0.2, 0.25) is 0 Å². The Morgan fingerprint density at radius 2 is 1.67 bits per heavy atom. The summed E-state index contributed by atoms with van der Waals surface area (Å²) in [6.07, 6.45) is 37.8. The van der Waals surface area contributed by atoms with E-state index in [2.05, 4.69) is 46.8 Å². The second-order valence-electron chi connectivity index (χ2n) is 32.6. The van der Waals surface area contributed by atoms with Gasteiger partial charge in [0.05, 0.1) is 11.0 Å². The third kappa shape index (κ3) is 5.23. The van der Waals surface area contributed by atoms with Crippen LogP contribution in [-0.2, 0) is 32.7 Å². The number of allylic oxidation sites excluding steroid dienone is 4. The number of benzene rings is 1. The normalized spacial score (nSPS) is 48.4. The zero-order valence-corrected chi connectivity index (χ0v) is 48.7. The number of hydrogen-bond donors (Lipinski definition) is 2. The van der Waals surface area contributed by atoms with Crippen LogP contribution in [-0.4, -0.2) is 64.6 Å². The average Bonchev–Trinajstić information content (AvgIpc) is 1.61. The maximum atomic E-state index is 17.4. The number of fused-ring (bicyclic) bond motifs is 9. The third-order valence-corrected chi connectivity index (χ3v) is 30.8. The van der Waals surface area contributed by atoms with E-state index >= 15 is 14.7 Å². The number of rotatable bonds is 4. The molecule has 7 heterocycles. The summed E-state index contributed by atoms with van der Waals surface area (Å²) in [6, 6.07) is 5.61. The Kier molecular flexibility index (Phi) is 9.44. The molecule has 7 saturated carbocycles. The fourth-order valence-electron chi connectivity index (χ4n) is 28.8. The van der Waals surface area contributed by atoms with Gasteiger partial charge in [-0.3, -0.25) is 9.69 Å². The van der Waals surface area contributed by atoms with Crippen molar-refractivity contribution in [3.05, 3.63) is 80.0 Å². The maximum Gasteiger partial charge on any atom is 0.339 e. The van der Waals surface area contributed by atoms with E-state index in [1.807, 2.05) is 0 Å². The van der Waals surface area contributed by atoms with Gasteiger partial charge >= 0.3 is 11.9 Å². The Labute approximate surface area is 481 Å². The molecule has 12 fully saturated rings. The molecule has 6 bridgehead atoms. The lowest BCUT2D eigenvalue weighted by Gasteiger charge is -2.75. The Morgan fingerprint density at radius 1 is 0.852 bits per heavy atom. The van der Waals surface area contributed by atoms with Gasteiger partial charge in [-0.25, -0.2) is 4.79 Å². The van der Waals surface area contributed by atoms with Crippen molar-refractivity contribution >= 4 is 11.9 Å². The topological polar surface area (TPSA) is 105 Å². The number of aryl methyl sites for hydroxylation is 1. The van der Waals surface area contributed by atoms with Crippen molar-refractivity contribution < 1.29 is 24.2 Å². The molecule has 12 aliphatic carbocycles. The fraction of sp³-hybridized carbons (Fsp3) is 0.753. The van der Waals surface area contributed by atoms with Gasteiger partial charge in [-0.05, 0) is 222 Å². The number of piperidine rings is 3. The number of aliphatic hydroxyl groups excluding tert-OH is 1. The van der Waals surface area contributed by atoms with Gasteiger partial charge in [0.25, 0.3) is 0 Å². The Morgan fingerprint density at radius 3 is 2.47 bits per heavy atom. The summed E-state index contributed by atoms with van der Waals surface area (Å²) < 4.78 is 15.5. The largest absolute Gasteiger partial charge is 0.508 e. The molecule has 0 aromatic heterocycles. The second-order valence-corrected chi connectivity index (χ2v) is 32.6. The number of carbonyl (C=O) groups excluding carboxylic acids is 2. The van der Waals surface area contributed by atoms with Crippen molar-refractivity contribution in [2.24, 2.45) is 103 Å². The van der Waals surface area contributed by atoms with Gasteiger partial charge in [-0.1, -0.05) is 98.6 Å². The van der Waals surface area contributed by atoms with E-state index in [1.165, 1.54) is 147 Å². The van der Waals surface area contributed by atoms with Crippen LogP contribution < -0.4 is 5.73 Å². The van der Waals surface area contributed by atoms with Crippen molar-refractivity contribution in [1.82, 2.24) is 9.80 Å². The SMILES string of the molecule is C[C@H]1CC2=C3[C@H]4C5=C6[C@H]7C[C@]41CCC7=C[C@@H](C1CCCCC1)C[C@H]1[C@]64C(=O)O/C6=C(/O)[C@@H]7[C@H](C#CCc8ccc(CCCN)c9c8[C@]1(OC9=O)[C@]64CC5)[C@@H]1CCC4(CC5(CCCC5)C5(CCCC5)C4)[C@H]7N4C[C@@H]5C[C@@H](CN3[C@H]5CC2)[C@@H]14. The van der Waals surface area contributed by atoms with Gasteiger partial charge in [0, 0.05) is 78.5 Å². The summed E-state index contributed by atoms with van der Waals surface area (Å²) >= 11 is 0. The number of aliphatic hydroxyl groups is 1. The molecule has 8 nitrogen and oxygen atoms in total. The van der Waals surface area contributed by atoms with Crippen LogP contribution in [0.5, 0.6) is 0 Å². The summed E-state index contributed by atoms with van der Waals surface area (Å²) in [4.78, 5) is 39.7. The minimum absolute atomic E-state index is 0.0274. The summed E-state index contributed by atoms with van der Waals surface area (Å²) in [5, 5.41) is 15.1. The molecule has 1 aromatic rings. The van der Waals surface area contributed by atoms with Crippen LogP contribution in [0.1, 0.15) is 214 Å². The molecule has 20 rings (SSSR count). The predicted molar refractivity (Wildman–Crippen MR) is 308 cm³/mol. The van der Waals surface area contributed by atoms with Crippen LogP contribution in [0.3, 0.4) is 0 Å². The summed E-state index contributed by atoms with van der Waals surface area (Å²) in [7, 11) is 0. The Hall–Kier alpha value is -3.80. The third-order valence-electron chi connectivity index (χ3n) is 30.8. The van der Waals surface area contributed by atoms with E-state index in [0.717, 1.165) is 67.4 Å². The van der Waals surface area contributed by atoms with E-state index in [1.54, 1.807) is 22.4 Å². The summed E-state index contributed by atoms with van der Waals surface area (Å²) in [6.45, 7) is 5.48. The first-order chi connectivity index (χ1) is 39.6. The molecule has 19 aliphatic rings. The lowest BCUT2D eigenvalue weighted by atomic mass is 9.26. The fourth-order valence-corrected chi connectivity index (χ4v) is 28.8. The van der Waals surface area contributed by atoms with Crippen molar-refractivity contribution in [2.75, 3.05) is 19.6 Å². The van der Waals surface area contributed by atoms with Crippen LogP contribution in [0.15, 0.2) is 57.7 Å². The van der Waals surface area contributed by atoms with Gasteiger partial charge in [0.1, 0.15) is 11.2 Å². The number of esters is 2. The Bertz CT molecular complexity index is 3250. The van der Waals surface area contributed by atoms with Crippen molar-refractivity contribution in [1.29, 1.82) is 0 Å². The van der Waals surface area contributed by atoms with E-state index in [-0.39, 0.29) is 64.3 Å². The summed E-state index contributed by atoms with van der Waals surface area (Å²) in [5.74, 6) is 11.5. The van der Waals surface area contributed by atoms with Crippen molar-refractivity contribution in [2.45, 2.75) is 223 Å². The van der Waals surface area contributed by atoms with Crippen LogP contribution >= 0.6 is 0 Å². The highest BCUT2D eigenvalue weighted by molar-refractivity contribution is 6.01. The molecule has 7 spiro atoms. The molecule has 1 aromatic carbocycles. The molecular weight excluding hydrogens is 999 g/mol. The first-order valence-electron chi connectivity index (χ1n) is 34.5. The van der Waals surface area contributed by atoms with E-state index in [9.17, 15) is 0 Å². The molecule has 0 unspecified atom stereocenters. The van der Waals surface area contributed by atoms with Crippen molar-refractivity contribution in [3.8, 4) is 11.8 Å². The zero-order chi connectivity index (χ0) is 53.5. The smallest absolute Gasteiger partial charge is 0.339 e. The summed E-state index contributed by atoms with van der Waals surface area (Å²) in [5.41, 5.74) is 15.9. The van der Waals surface area contributed by atoms with Crippen molar-refractivity contribution in [3.63, 3.8) is 0 Å². The van der Waals surface area contributed by atoms with E-state index in [4.69, 9.17) is 15.2 Å². The molecular formula is C73H89N3O5. The van der Waals surface area contributed by atoms with Crippen LogP contribution in [0, 0.1) is 109 Å². The molecule has 3 N–H and O–H groups in total. The monoisotopic (exact) mass is 1090 g/mol. The zero-order valence-electron chi connectivity index (χ0n) is 48.7. The molecule has 0 amide bonds. The quantitative estimate of drug-likeness (QED) is 0.175. The van der Waals surface area contributed by atoms with E-state index < -0.39 is 16.4 Å². The highest BCUT2D eigenvalue weighted by atomic mass is 16.6. The van der Waals surface area contributed by atoms with Gasteiger partial charge in [-0.15, -0.1) is 0 Å². The average molecular weight is 1090 g/mol. The minimum atomic E-state index is -1.20. The molecule has 17 atom stereocenters. The number of nitrogens with two attached hydrogens (primary N) is 1. The highest BCUT2D eigenvalue weighted by Crippen LogP contribution is 2.90. The predicted octanol–water partition coefficient (Wildman–Crippen LogP) is 13.5. The highest BCUT2D eigenvalue weighted by Gasteiger charge is 2.95. The van der Waals surface area contributed by atoms with E-state index in [0.29, 0.717) is 89.8 Å². The number of nitrogens with zero attached hydrogens (tertiary/aromatic N) is 2. The molecule has 0 radical (unpaired) electrons. The Balaban J connectivity index is 0.928. The molecule has 5 saturated heterocycles. The number of hydrogen-bond acceptors (Lipinski definition) is 8. The first-order valence-corrected chi connectivity index (χ1v) is 34.5. The molecule has 8 heteroatoms. The van der Waals surface area contributed by atoms with Gasteiger partial charge < -0.3 is 25.2 Å². The molecule has 81 heavy (non-hydrogen) atoms. The van der Waals surface area contributed by atoms with Crippen LogP contribution in [0.2, 0.25) is 0 Å². The number of ether oxygens (including phenoxy) is 2. The van der Waals surface area contributed by atoms with Gasteiger partial charge in [0.15, 0.2) is 11.4 Å². The molecule has 426 valence electrons. The second kappa shape index (κ2) is 15.8. The lowest BCUT2D eigenvalue weighted by molar-refractivity contribution is -0.284. The standard InChI is InChI=1S/C73H89N3O5/c1-40-31-45-18-19-53-47-33-48-37-75(53)61(45)59-51-22-29-71-64-62(77)56-49(50-21-27-67(63(56)76(36-47)60(48)50)38-68(23-5-6-24-68)69(39-67)25-7-8-26-69)15-9-13-43-17-16-42(14-10-30-74)55-57(43)73(71,81-65(55)78)54-34-46(41-11-3-2-4-12-41)32-44-20-28-70(40,59)35-52(44)58(51)72(54,71)66(79)80-64/h16-17,32,40-41,46-50,52-54,56,59-60,63,77H,2-8,10-14,18-31,33-39,74H2,1H3/b44-32?,64-62+/t40-,46+,47-,48-,49+,50-,52-,53-,54-,56-,59+,60-,63-,70-,71+,72+,73-/m0/s1. The maximum absolute atomic E-state index is 17.4. The van der Waals surface area contributed by atoms with Crippen LogP contribution in [0.25, 0.3) is 0 Å². The van der Waals surface area contributed by atoms with Gasteiger partial charge in [-0.2, -0.15) is 0 Å².